The lowest BCUT2D eigenvalue weighted by molar-refractivity contribution is 0.464. The molecular weight excluding hydrogens is 194 g/mol. The first kappa shape index (κ1) is 11.4. The van der Waals surface area contributed by atoms with Gasteiger partial charge in [0.05, 0.1) is 0 Å². The minimum Gasteiger partial charge on any atom is -0.508 e. The largest absolute Gasteiger partial charge is 0.508 e. The van der Waals surface area contributed by atoms with Crippen molar-refractivity contribution in [2.75, 3.05) is 12.8 Å². The van der Waals surface area contributed by atoms with Crippen molar-refractivity contribution in [3.05, 3.63) is 29.8 Å². The van der Waals surface area contributed by atoms with Crippen molar-refractivity contribution < 1.29 is 5.11 Å². The fraction of sp³-hybridized carbons (Fsp3) is 0.455. The summed E-state index contributed by atoms with van der Waals surface area (Å²) < 4.78 is 0. The van der Waals surface area contributed by atoms with E-state index in [0.29, 0.717) is 11.0 Å². The van der Waals surface area contributed by atoms with Crippen LogP contribution in [0, 0.1) is 0 Å². The highest BCUT2D eigenvalue weighted by Gasteiger charge is 2.01. The molecule has 3 heteroatoms. The first-order valence-electron chi connectivity index (χ1n) is 4.74. The van der Waals surface area contributed by atoms with Crippen molar-refractivity contribution in [2.45, 2.75) is 18.7 Å². The second-order valence-corrected chi connectivity index (χ2v) is 4.58. The third kappa shape index (κ3) is 3.60. The molecule has 0 fully saturated rings. The summed E-state index contributed by atoms with van der Waals surface area (Å²) in [5, 5.41) is 13.4. The second-order valence-electron chi connectivity index (χ2n) is 3.31. The van der Waals surface area contributed by atoms with Crippen molar-refractivity contribution in [1.82, 2.24) is 5.32 Å². The second kappa shape index (κ2) is 5.94. The first-order valence-corrected chi connectivity index (χ1v) is 6.03. The van der Waals surface area contributed by atoms with Gasteiger partial charge < -0.3 is 10.4 Å². The average molecular weight is 211 g/mol. The van der Waals surface area contributed by atoms with Crippen LogP contribution < -0.4 is 5.32 Å². The molecule has 1 aromatic carbocycles. The van der Waals surface area contributed by atoms with Gasteiger partial charge in [-0.05, 0) is 12.3 Å². The van der Waals surface area contributed by atoms with Gasteiger partial charge in [0.2, 0.25) is 0 Å². The number of para-hydroxylation sites is 1. The molecule has 1 aromatic rings. The van der Waals surface area contributed by atoms with Crippen LogP contribution in [-0.4, -0.2) is 23.2 Å². The van der Waals surface area contributed by atoms with Crippen LogP contribution in [0.25, 0.3) is 0 Å². The van der Waals surface area contributed by atoms with E-state index < -0.39 is 0 Å². The molecule has 78 valence electrons. The molecule has 0 saturated heterocycles. The number of thioether (sulfide) groups is 1. The van der Waals surface area contributed by atoms with Gasteiger partial charge in [-0.3, -0.25) is 0 Å². The zero-order valence-electron chi connectivity index (χ0n) is 8.66. The quantitative estimate of drug-likeness (QED) is 0.783. The maximum absolute atomic E-state index is 9.49. The van der Waals surface area contributed by atoms with Crippen LogP contribution in [0.1, 0.15) is 12.5 Å². The van der Waals surface area contributed by atoms with E-state index in [0.717, 1.165) is 18.7 Å². The van der Waals surface area contributed by atoms with Gasteiger partial charge in [-0.1, -0.05) is 25.1 Å². The molecule has 2 nitrogen and oxygen atoms in total. The first-order chi connectivity index (χ1) is 6.74. The van der Waals surface area contributed by atoms with Gasteiger partial charge in [0.25, 0.3) is 0 Å². The summed E-state index contributed by atoms with van der Waals surface area (Å²) in [6.07, 6.45) is 2.10. The molecule has 0 heterocycles. The topological polar surface area (TPSA) is 32.3 Å². The number of phenolic OH excluding ortho intramolecular Hbond substituents is 1. The number of hydrogen-bond donors (Lipinski definition) is 2. The number of hydrogen-bond acceptors (Lipinski definition) is 3. The van der Waals surface area contributed by atoms with Crippen LogP contribution >= 0.6 is 11.8 Å². The smallest absolute Gasteiger partial charge is 0.120 e. The summed E-state index contributed by atoms with van der Waals surface area (Å²) in [5.41, 5.74) is 0.959. The third-order valence-corrected chi connectivity index (χ3v) is 3.11. The molecule has 0 saturated carbocycles. The molecule has 1 atom stereocenters. The van der Waals surface area contributed by atoms with E-state index >= 15 is 0 Å². The number of phenols is 1. The number of rotatable bonds is 5. The predicted octanol–water partition coefficient (Wildman–Crippen LogP) is 2.23. The highest BCUT2D eigenvalue weighted by atomic mass is 32.2. The Morgan fingerprint density at radius 3 is 2.79 bits per heavy atom. The molecular formula is C11H17NOS. The highest BCUT2D eigenvalue weighted by Crippen LogP contribution is 2.15. The van der Waals surface area contributed by atoms with E-state index in [9.17, 15) is 5.11 Å². The van der Waals surface area contributed by atoms with Gasteiger partial charge in [-0.2, -0.15) is 11.8 Å². The van der Waals surface area contributed by atoms with Crippen LogP contribution in [0.3, 0.4) is 0 Å². The SMILES string of the molecule is CSC(C)CNCc1ccccc1O. The maximum atomic E-state index is 9.49. The van der Waals surface area contributed by atoms with Crippen LogP contribution in [0.4, 0.5) is 0 Å². The van der Waals surface area contributed by atoms with E-state index in [4.69, 9.17) is 0 Å². The Morgan fingerprint density at radius 2 is 2.14 bits per heavy atom. The zero-order valence-corrected chi connectivity index (χ0v) is 9.47. The van der Waals surface area contributed by atoms with Gasteiger partial charge in [0.1, 0.15) is 5.75 Å². The normalized spacial score (nSPS) is 12.7. The summed E-state index contributed by atoms with van der Waals surface area (Å²) in [5.74, 6) is 0.372. The summed E-state index contributed by atoms with van der Waals surface area (Å²) in [6.45, 7) is 3.88. The van der Waals surface area contributed by atoms with Crippen LogP contribution in [0.15, 0.2) is 24.3 Å². The molecule has 0 aliphatic heterocycles. The van der Waals surface area contributed by atoms with E-state index in [1.807, 2.05) is 30.0 Å². The lowest BCUT2D eigenvalue weighted by atomic mass is 10.2. The van der Waals surface area contributed by atoms with E-state index in [1.165, 1.54) is 0 Å². The Balaban J connectivity index is 2.35. The van der Waals surface area contributed by atoms with Crippen molar-refractivity contribution in [3.8, 4) is 5.75 Å². The summed E-state index contributed by atoms with van der Waals surface area (Å²) in [6, 6.07) is 7.43. The molecule has 14 heavy (non-hydrogen) atoms. The predicted molar refractivity (Wildman–Crippen MR) is 62.8 cm³/mol. The van der Waals surface area contributed by atoms with Gasteiger partial charge in [0, 0.05) is 23.9 Å². The molecule has 0 spiro atoms. The molecule has 0 bridgehead atoms. The van der Waals surface area contributed by atoms with Crippen molar-refractivity contribution in [2.24, 2.45) is 0 Å². The molecule has 0 amide bonds. The third-order valence-electron chi connectivity index (χ3n) is 2.14. The number of nitrogens with one attached hydrogen (secondary N) is 1. The Hall–Kier alpha value is -0.670. The van der Waals surface area contributed by atoms with Gasteiger partial charge >= 0.3 is 0 Å². The Bertz CT molecular complexity index is 278. The number of aromatic hydroxyl groups is 1. The maximum Gasteiger partial charge on any atom is 0.120 e. The number of benzene rings is 1. The fourth-order valence-corrected chi connectivity index (χ4v) is 1.44. The molecule has 0 aromatic heterocycles. The Labute approximate surface area is 89.7 Å². The lowest BCUT2D eigenvalue weighted by Crippen LogP contribution is -2.21. The van der Waals surface area contributed by atoms with Crippen LogP contribution in [-0.2, 0) is 6.54 Å². The van der Waals surface area contributed by atoms with Gasteiger partial charge in [-0.25, -0.2) is 0 Å². The van der Waals surface area contributed by atoms with Crippen molar-refractivity contribution in [3.63, 3.8) is 0 Å². The van der Waals surface area contributed by atoms with Crippen molar-refractivity contribution in [1.29, 1.82) is 0 Å². The molecule has 2 N–H and O–H groups in total. The average Bonchev–Trinajstić information content (AvgIpc) is 2.20. The zero-order chi connectivity index (χ0) is 10.4. The highest BCUT2D eigenvalue weighted by molar-refractivity contribution is 7.99. The van der Waals surface area contributed by atoms with Gasteiger partial charge in [-0.15, -0.1) is 0 Å². The molecule has 0 aliphatic carbocycles. The van der Waals surface area contributed by atoms with Gasteiger partial charge in [0.15, 0.2) is 0 Å². The minimum atomic E-state index is 0.372. The summed E-state index contributed by atoms with van der Waals surface area (Å²) in [7, 11) is 0. The van der Waals surface area contributed by atoms with E-state index in [1.54, 1.807) is 6.07 Å². The molecule has 1 unspecified atom stereocenters. The molecule has 0 aliphatic rings. The van der Waals surface area contributed by atoms with E-state index in [2.05, 4.69) is 18.5 Å². The summed E-state index contributed by atoms with van der Waals surface area (Å²) >= 11 is 1.84. The van der Waals surface area contributed by atoms with Crippen molar-refractivity contribution >= 4 is 11.8 Å². The Kier molecular flexibility index (Phi) is 4.84. The monoisotopic (exact) mass is 211 g/mol. The lowest BCUT2D eigenvalue weighted by Gasteiger charge is -2.10. The van der Waals surface area contributed by atoms with E-state index in [-0.39, 0.29) is 0 Å². The standard InChI is InChI=1S/C11H17NOS/c1-9(14-2)7-12-8-10-5-3-4-6-11(10)13/h3-6,9,12-13H,7-8H2,1-2H3. The summed E-state index contributed by atoms with van der Waals surface area (Å²) in [4.78, 5) is 0. The molecule has 1 rings (SSSR count). The van der Waals surface area contributed by atoms with Crippen LogP contribution in [0.2, 0.25) is 0 Å². The van der Waals surface area contributed by atoms with Crippen LogP contribution in [0.5, 0.6) is 5.75 Å². The minimum absolute atomic E-state index is 0.372. The Morgan fingerprint density at radius 1 is 1.43 bits per heavy atom. The fourth-order valence-electron chi connectivity index (χ4n) is 1.15. The molecule has 0 radical (unpaired) electrons.